The van der Waals surface area contributed by atoms with Crippen LogP contribution >= 0.6 is 11.3 Å². The molecule has 114 valence electrons. The van der Waals surface area contributed by atoms with E-state index in [2.05, 4.69) is 52.6 Å². The predicted molar refractivity (Wildman–Crippen MR) is 84.6 cm³/mol. The fourth-order valence-electron chi connectivity index (χ4n) is 2.67. The molecule has 6 heteroatoms. The molecule has 0 saturated carbocycles. The molecule has 0 aliphatic carbocycles. The first-order chi connectivity index (χ1) is 10.1. The highest BCUT2D eigenvalue weighted by atomic mass is 32.1. The van der Waals surface area contributed by atoms with Crippen LogP contribution in [0.25, 0.3) is 0 Å². The molecule has 0 aromatic carbocycles. The van der Waals surface area contributed by atoms with E-state index < -0.39 is 0 Å². The van der Waals surface area contributed by atoms with E-state index in [0.717, 1.165) is 19.5 Å². The molecular formula is C15H22N4OS. The Kier molecular flexibility index (Phi) is 4.26. The maximum atomic E-state index is 5.81. The van der Waals surface area contributed by atoms with Gasteiger partial charge in [-0.05, 0) is 42.8 Å². The summed E-state index contributed by atoms with van der Waals surface area (Å²) in [6.45, 7) is 9.09. The van der Waals surface area contributed by atoms with E-state index in [9.17, 15) is 0 Å². The van der Waals surface area contributed by atoms with Crippen molar-refractivity contribution < 1.29 is 4.42 Å². The van der Waals surface area contributed by atoms with Gasteiger partial charge in [0.25, 0.3) is 0 Å². The molecule has 0 amide bonds. The van der Waals surface area contributed by atoms with Crippen LogP contribution in [0.5, 0.6) is 0 Å². The summed E-state index contributed by atoms with van der Waals surface area (Å²) in [4.78, 5) is 3.69. The minimum Gasteiger partial charge on any atom is -0.407 e. The smallest absolute Gasteiger partial charge is 0.318 e. The van der Waals surface area contributed by atoms with Gasteiger partial charge in [-0.15, -0.1) is 16.4 Å². The average molecular weight is 306 g/mol. The summed E-state index contributed by atoms with van der Waals surface area (Å²) in [7, 11) is 0. The van der Waals surface area contributed by atoms with Crippen LogP contribution in [0.3, 0.4) is 0 Å². The number of hydrogen-bond donors (Lipinski definition) is 1. The third kappa shape index (κ3) is 3.11. The number of nitrogens with one attached hydrogen (secondary N) is 1. The van der Waals surface area contributed by atoms with E-state index >= 15 is 0 Å². The highest BCUT2D eigenvalue weighted by Crippen LogP contribution is 2.35. The summed E-state index contributed by atoms with van der Waals surface area (Å²) in [6.07, 6.45) is 1.06. The number of aromatic nitrogens is 2. The highest BCUT2D eigenvalue weighted by molar-refractivity contribution is 7.10. The Morgan fingerprint density at radius 1 is 1.48 bits per heavy atom. The van der Waals surface area contributed by atoms with Gasteiger partial charge in [0.2, 0.25) is 5.89 Å². The second-order valence-corrected chi connectivity index (χ2v) is 6.92. The monoisotopic (exact) mass is 306 g/mol. The van der Waals surface area contributed by atoms with Crippen LogP contribution in [0.1, 0.15) is 43.1 Å². The third-order valence-electron chi connectivity index (χ3n) is 3.81. The number of nitrogens with zero attached hydrogens (tertiary/aromatic N) is 3. The molecule has 1 N–H and O–H groups in total. The van der Waals surface area contributed by atoms with E-state index in [1.807, 2.05) is 11.3 Å². The summed E-state index contributed by atoms with van der Waals surface area (Å²) >= 11 is 1.84. The van der Waals surface area contributed by atoms with Gasteiger partial charge < -0.3 is 14.6 Å². The molecular weight excluding hydrogens is 284 g/mol. The first-order valence-corrected chi connectivity index (χ1v) is 8.39. The Morgan fingerprint density at radius 2 is 2.33 bits per heavy atom. The fourth-order valence-corrected chi connectivity index (χ4v) is 3.63. The van der Waals surface area contributed by atoms with Crippen molar-refractivity contribution in [2.24, 2.45) is 5.92 Å². The van der Waals surface area contributed by atoms with Gasteiger partial charge in [0, 0.05) is 11.4 Å². The van der Waals surface area contributed by atoms with Crippen LogP contribution in [0.15, 0.2) is 15.9 Å². The van der Waals surface area contributed by atoms with E-state index in [0.29, 0.717) is 30.4 Å². The molecule has 21 heavy (non-hydrogen) atoms. The average Bonchev–Trinajstić information content (AvgIpc) is 3.08. The third-order valence-corrected chi connectivity index (χ3v) is 4.80. The van der Waals surface area contributed by atoms with Crippen molar-refractivity contribution in [1.82, 2.24) is 15.5 Å². The Balaban J connectivity index is 1.67. The fraction of sp³-hybridized carbons (Fsp3) is 0.600. The highest BCUT2D eigenvalue weighted by Gasteiger charge is 2.28. The Labute approximate surface area is 129 Å². The normalized spacial score (nSPS) is 18.3. The van der Waals surface area contributed by atoms with Crippen molar-refractivity contribution in [3.63, 3.8) is 0 Å². The second kappa shape index (κ2) is 6.15. The Hall–Kier alpha value is -1.40. The van der Waals surface area contributed by atoms with E-state index in [1.54, 1.807) is 0 Å². The summed E-state index contributed by atoms with van der Waals surface area (Å²) in [6, 6.07) is 3.15. The lowest BCUT2D eigenvalue weighted by atomic mass is 10.0. The summed E-state index contributed by atoms with van der Waals surface area (Å²) in [5.41, 5.74) is 1.39. The molecule has 2 aromatic rings. The van der Waals surface area contributed by atoms with Crippen LogP contribution in [0.4, 0.5) is 6.01 Å². The van der Waals surface area contributed by atoms with E-state index in [4.69, 9.17) is 4.42 Å². The molecule has 0 bridgehead atoms. The maximum Gasteiger partial charge on any atom is 0.318 e. The Bertz CT molecular complexity index is 592. The minimum atomic E-state index is 0.303. The number of rotatable bonds is 5. The van der Waals surface area contributed by atoms with Crippen molar-refractivity contribution in [3.8, 4) is 0 Å². The molecule has 1 unspecified atom stereocenters. The van der Waals surface area contributed by atoms with Crippen molar-refractivity contribution in [1.29, 1.82) is 0 Å². The van der Waals surface area contributed by atoms with Gasteiger partial charge in [-0.3, -0.25) is 0 Å². The first kappa shape index (κ1) is 14.5. The maximum absolute atomic E-state index is 5.81. The molecule has 3 rings (SSSR count). The zero-order chi connectivity index (χ0) is 14.8. The largest absolute Gasteiger partial charge is 0.407 e. The van der Waals surface area contributed by atoms with Gasteiger partial charge in [-0.1, -0.05) is 18.9 Å². The molecule has 5 nitrogen and oxygen atoms in total. The SMILES string of the molecule is CC(C)CNCc1nnc(N2CCc3sccc3C2C)o1. The van der Waals surface area contributed by atoms with Gasteiger partial charge in [-0.25, -0.2) is 0 Å². The zero-order valence-corrected chi connectivity index (χ0v) is 13.6. The van der Waals surface area contributed by atoms with E-state index in [-0.39, 0.29) is 0 Å². The molecule has 1 aliphatic heterocycles. The van der Waals surface area contributed by atoms with E-state index in [1.165, 1.54) is 10.4 Å². The second-order valence-electron chi connectivity index (χ2n) is 5.92. The molecule has 0 spiro atoms. The lowest BCUT2D eigenvalue weighted by Crippen LogP contribution is -2.33. The Morgan fingerprint density at radius 3 is 3.14 bits per heavy atom. The lowest BCUT2D eigenvalue weighted by Gasteiger charge is -2.31. The van der Waals surface area contributed by atoms with Crippen molar-refractivity contribution in [2.75, 3.05) is 18.0 Å². The number of anilines is 1. The molecule has 2 aromatic heterocycles. The van der Waals surface area contributed by atoms with Crippen LogP contribution in [-0.2, 0) is 13.0 Å². The van der Waals surface area contributed by atoms with Crippen molar-refractivity contribution >= 4 is 17.4 Å². The van der Waals surface area contributed by atoms with Crippen LogP contribution in [-0.4, -0.2) is 23.3 Å². The van der Waals surface area contributed by atoms with Crippen LogP contribution < -0.4 is 10.2 Å². The first-order valence-electron chi connectivity index (χ1n) is 7.51. The number of hydrogen-bond acceptors (Lipinski definition) is 6. The van der Waals surface area contributed by atoms with Gasteiger partial charge >= 0.3 is 6.01 Å². The summed E-state index contributed by atoms with van der Waals surface area (Å²) < 4.78 is 5.81. The number of thiophene rings is 1. The van der Waals surface area contributed by atoms with Gasteiger partial charge in [0.05, 0.1) is 12.6 Å². The summed E-state index contributed by atoms with van der Waals surface area (Å²) in [5, 5.41) is 13.9. The molecule has 0 fully saturated rings. The zero-order valence-electron chi connectivity index (χ0n) is 12.8. The van der Waals surface area contributed by atoms with Gasteiger partial charge in [0.1, 0.15) is 0 Å². The minimum absolute atomic E-state index is 0.303. The molecule has 1 aliphatic rings. The molecule has 0 radical (unpaired) electrons. The lowest BCUT2D eigenvalue weighted by molar-refractivity contribution is 0.436. The quantitative estimate of drug-likeness (QED) is 0.920. The molecule has 1 atom stereocenters. The van der Waals surface area contributed by atoms with Crippen LogP contribution in [0.2, 0.25) is 0 Å². The van der Waals surface area contributed by atoms with Gasteiger partial charge in [-0.2, -0.15) is 0 Å². The van der Waals surface area contributed by atoms with Crippen molar-refractivity contribution in [3.05, 3.63) is 27.8 Å². The molecule has 3 heterocycles. The van der Waals surface area contributed by atoms with Gasteiger partial charge in [0.15, 0.2) is 0 Å². The predicted octanol–water partition coefficient (Wildman–Crippen LogP) is 3.00. The topological polar surface area (TPSA) is 54.2 Å². The standard InChI is InChI=1S/C15H22N4OS/c1-10(2)8-16-9-14-17-18-15(20-14)19-6-4-13-12(11(19)3)5-7-21-13/h5,7,10-11,16H,4,6,8-9H2,1-3H3. The molecule has 0 saturated heterocycles. The van der Waals surface area contributed by atoms with Crippen molar-refractivity contribution in [2.45, 2.75) is 39.8 Å². The van der Waals surface area contributed by atoms with Crippen LogP contribution in [0, 0.1) is 5.92 Å². The summed E-state index contributed by atoms with van der Waals surface area (Å²) in [5.74, 6) is 1.28. The number of fused-ring (bicyclic) bond motifs is 1.